The van der Waals surface area contributed by atoms with Crippen LogP contribution >= 0.6 is 0 Å². The second-order valence-corrected chi connectivity index (χ2v) is 7.28. The molecular weight excluding hydrogens is 280 g/mol. The highest BCUT2D eigenvalue weighted by molar-refractivity contribution is 5.07. The molecule has 6 nitrogen and oxygen atoms in total. The average molecular weight is 306 g/mol. The van der Waals surface area contributed by atoms with Crippen molar-refractivity contribution in [3.05, 3.63) is 11.6 Å². The van der Waals surface area contributed by atoms with E-state index in [2.05, 4.69) is 19.7 Å². The maximum atomic E-state index is 5.95. The molecule has 2 saturated heterocycles. The Kier molecular flexibility index (Phi) is 3.71. The van der Waals surface area contributed by atoms with Gasteiger partial charge in [-0.25, -0.2) is 0 Å². The molecule has 0 unspecified atom stereocenters. The van der Waals surface area contributed by atoms with Crippen molar-refractivity contribution in [1.29, 1.82) is 0 Å². The molecule has 0 radical (unpaired) electrons. The van der Waals surface area contributed by atoms with Gasteiger partial charge in [0.1, 0.15) is 11.6 Å². The Balaban J connectivity index is 1.40. The quantitative estimate of drug-likeness (QED) is 0.848. The first-order valence-electron chi connectivity index (χ1n) is 8.57. The fourth-order valence-electron chi connectivity index (χ4n) is 4.05. The Morgan fingerprint density at radius 1 is 1.23 bits per heavy atom. The summed E-state index contributed by atoms with van der Waals surface area (Å²) in [6.45, 7) is 8.96. The van der Waals surface area contributed by atoms with Crippen molar-refractivity contribution < 1.29 is 9.47 Å². The number of fused-ring (bicyclic) bond motifs is 1. The number of likely N-dealkylation sites (tertiary alicyclic amines) is 1. The minimum Gasteiger partial charge on any atom is -0.348 e. The van der Waals surface area contributed by atoms with Gasteiger partial charge in [-0.05, 0) is 39.7 Å². The highest BCUT2D eigenvalue weighted by atomic mass is 16.7. The fraction of sp³-hybridized carbons (Fsp3) is 0.875. The SMILES string of the molecule is CC1(C)OC[C@@H](CN2CCC[C@H](c3nnc4n3CCC4)C2)O1. The number of hydrogen-bond donors (Lipinski definition) is 0. The number of hydrogen-bond acceptors (Lipinski definition) is 5. The predicted molar refractivity (Wildman–Crippen MR) is 81.7 cm³/mol. The van der Waals surface area contributed by atoms with Crippen molar-refractivity contribution in [3.8, 4) is 0 Å². The van der Waals surface area contributed by atoms with Gasteiger partial charge in [0.2, 0.25) is 0 Å². The highest BCUT2D eigenvalue weighted by Crippen LogP contribution is 2.30. The van der Waals surface area contributed by atoms with Crippen LogP contribution in [0.5, 0.6) is 0 Å². The van der Waals surface area contributed by atoms with Gasteiger partial charge in [0.15, 0.2) is 5.79 Å². The van der Waals surface area contributed by atoms with Crippen LogP contribution in [-0.4, -0.2) is 57.8 Å². The minimum atomic E-state index is -0.423. The maximum absolute atomic E-state index is 5.95. The Morgan fingerprint density at radius 3 is 2.95 bits per heavy atom. The highest BCUT2D eigenvalue weighted by Gasteiger charge is 2.35. The first-order valence-corrected chi connectivity index (χ1v) is 8.57. The number of aryl methyl sites for hydroxylation is 1. The van der Waals surface area contributed by atoms with E-state index in [0.29, 0.717) is 12.5 Å². The third-order valence-electron chi connectivity index (χ3n) is 5.04. The second-order valence-electron chi connectivity index (χ2n) is 7.28. The zero-order valence-electron chi connectivity index (χ0n) is 13.6. The molecule has 22 heavy (non-hydrogen) atoms. The van der Waals surface area contributed by atoms with Crippen LogP contribution in [0.2, 0.25) is 0 Å². The number of nitrogens with zero attached hydrogens (tertiary/aromatic N) is 4. The Bertz CT molecular complexity index is 542. The molecule has 3 aliphatic rings. The normalized spacial score (nSPS) is 31.5. The average Bonchev–Trinajstić information content (AvgIpc) is 3.14. The van der Waals surface area contributed by atoms with Crippen molar-refractivity contribution in [2.24, 2.45) is 0 Å². The van der Waals surface area contributed by atoms with E-state index in [1.807, 2.05) is 13.8 Å². The zero-order valence-corrected chi connectivity index (χ0v) is 13.6. The van der Waals surface area contributed by atoms with E-state index in [0.717, 1.165) is 32.6 Å². The number of aromatic nitrogens is 3. The summed E-state index contributed by atoms with van der Waals surface area (Å²) in [4.78, 5) is 2.51. The minimum absolute atomic E-state index is 0.192. The molecule has 0 spiro atoms. The Hall–Kier alpha value is -0.980. The van der Waals surface area contributed by atoms with Crippen LogP contribution in [0, 0.1) is 0 Å². The lowest BCUT2D eigenvalue weighted by atomic mass is 9.97. The van der Waals surface area contributed by atoms with Crippen LogP contribution in [0.25, 0.3) is 0 Å². The summed E-state index contributed by atoms with van der Waals surface area (Å²) >= 11 is 0. The molecule has 3 aliphatic heterocycles. The van der Waals surface area contributed by atoms with Crippen LogP contribution in [0.1, 0.15) is 50.7 Å². The Morgan fingerprint density at radius 2 is 2.14 bits per heavy atom. The Labute approximate surface area is 131 Å². The molecular formula is C16H26N4O2. The van der Waals surface area contributed by atoms with E-state index in [1.54, 1.807) is 0 Å². The summed E-state index contributed by atoms with van der Waals surface area (Å²) in [7, 11) is 0. The molecule has 1 aromatic heterocycles. The summed E-state index contributed by atoms with van der Waals surface area (Å²) in [5, 5.41) is 8.85. The van der Waals surface area contributed by atoms with Crippen LogP contribution in [0.3, 0.4) is 0 Å². The van der Waals surface area contributed by atoms with Gasteiger partial charge in [0.05, 0.1) is 12.7 Å². The molecule has 0 aromatic carbocycles. The molecule has 2 fully saturated rings. The summed E-state index contributed by atoms with van der Waals surface area (Å²) in [6, 6.07) is 0. The lowest BCUT2D eigenvalue weighted by Crippen LogP contribution is -2.41. The van der Waals surface area contributed by atoms with Crippen LogP contribution < -0.4 is 0 Å². The topological polar surface area (TPSA) is 52.4 Å². The van der Waals surface area contributed by atoms with Gasteiger partial charge in [-0.1, -0.05) is 0 Å². The first-order chi connectivity index (χ1) is 10.6. The van der Waals surface area contributed by atoms with Gasteiger partial charge in [-0.3, -0.25) is 4.90 Å². The van der Waals surface area contributed by atoms with Gasteiger partial charge in [0, 0.05) is 32.0 Å². The van der Waals surface area contributed by atoms with Gasteiger partial charge in [-0.15, -0.1) is 10.2 Å². The molecule has 0 bridgehead atoms. The van der Waals surface area contributed by atoms with Gasteiger partial charge in [-0.2, -0.15) is 0 Å². The van der Waals surface area contributed by atoms with E-state index >= 15 is 0 Å². The maximum Gasteiger partial charge on any atom is 0.163 e. The third kappa shape index (κ3) is 2.79. The molecule has 122 valence electrons. The molecule has 0 saturated carbocycles. The van der Waals surface area contributed by atoms with Crippen molar-refractivity contribution in [3.63, 3.8) is 0 Å². The molecule has 0 aliphatic carbocycles. The molecule has 1 aromatic rings. The standard InChI is InChI=1S/C16H26N4O2/c1-16(2)21-11-13(22-16)10-19-7-3-5-12(9-19)15-18-17-14-6-4-8-20(14)15/h12-13H,3-11H2,1-2H3/t12-,13+/m0/s1. The van der Waals surface area contributed by atoms with E-state index in [4.69, 9.17) is 9.47 Å². The molecule has 0 N–H and O–H groups in total. The van der Waals surface area contributed by atoms with Crippen molar-refractivity contribution in [1.82, 2.24) is 19.7 Å². The molecule has 4 rings (SSSR count). The number of ether oxygens (including phenoxy) is 2. The molecule has 2 atom stereocenters. The molecule has 4 heterocycles. The van der Waals surface area contributed by atoms with E-state index in [1.165, 1.54) is 30.9 Å². The smallest absolute Gasteiger partial charge is 0.163 e. The summed E-state index contributed by atoms with van der Waals surface area (Å²) in [6.07, 6.45) is 4.95. The second kappa shape index (κ2) is 5.58. The predicted octanol–water partition coefficient (Wildman–Crippen LogP) is 1.56. The van der Waals surface area contributed by atoms with Crippen molar-refractivity contribution >= 4 is 0 Å². The number of rotatable bonds is 3. The van der Waals surface area contributed by atoms with Crippen molar-refractivity contribution in [2.45, 2.75) is 63.9 Å². The van der Waals surface area contributed by atoms with Gasteiger partial charge < -0.3 is 14.0 Å². The molecule has 0 amide bonds. The summed E-state index contributed by atoms with van der Waals surface area (Å²) in [5.74, 6) is 2.49. The molecule has 6 heteroatoms. The van der Waals surface area contributed by atoms with Crippen LogP contribution in [0.15, 0.2) is 0 Å². The van der Waals surface area contributed by atoms with E-state index in [-0.39, 0.29) is 6.10 Å². The fourth-order valence-corrected chi connectivity index (χ4v) is 4.05. The monoisotopic (exact) mass is 306 g/mol. The summed E-state index contributed by atoms with van der Waals surface area (Å²) < 4.78 is 14.0. The van der Waals surface area contributed by atoms with Gasteiger partial charge >= 0.3 is 0 Å². The lowest BCUT2D eigenvalue weighted by molar-refractivity contribution is -0.140. The number of piperidine rings is 1. The third-order valence-corrected chi connectivity index (χ3v) is 5.04. The van der Waals surface area contributed by atoms with E-state index < -0.39 is 5.79 Å². The largest absolute Gasteiger partial charge is 0.348 e. The zero-order chi connectivity index (χ0) is 15.2. The van der Waals surface area contributed by atoms with Crippen molar-refractivity contribution in [2.75, 3.05) is 26.2 Å². The van der Waals surface area contributed by atoms with Crippen LogP contribution in [0.4, 0.5) is 0 Å². The van der Waals surface area contributed by atoms with E-state index in [9.17, 15) is 0 Å². The summed E-state index contributed by atoms with van der Waals surface area (Å²) in [5.41, 5.74) is 0. The lowest BCUT2D eigenvalue weighted by Gasteiger charge is -2.33. The van der Waals surface area contributed by atoms with Crippen LogP contribution in [-0.2, 0) is 22.4 Å². The van der Waals surface area contributed by atoms with Gasteiger partial charge in [0.25, 0.3) is 0 Å². The first kappa shape index (κ1) is 14.6.